The molecule has 0 amide bonds. The van der Waals surface area contributed by atoms with Crippen molar-refractivity contribution in [3.63, 3.8) is 0 Å². The van der Waals surface area contributed by atoms with Crippen LogP contribution in [0.1, 0.15) is 39.0 Å². The molecular formula is C13H21ClN4. The molecule has 0 unspecified atom stereocenters. The van der Waals surface area contributed by atoms with Gasteiger partial charge in [0.15, 0.2) is 0 Å². The van der Waals surface area contributed by atoms with Crippen LogP contribution in [0.4, 0.5) is 11.8 Å². The van der Waals surface area contributed by atoms with Gasteiger partial charge in [-0.15, -0.1) is 0 Å². The number of aromatic nitrogens is 2. The summed E-state index contributed by atoms with van der Waals surface area (Å²) in [5.74, 6) is 2.65. The van der Waals surface area contributed by atoms with Crippen LogP contribution in [0.3, 0.4) is 0 Å². The van der Waals surface area contributed by atoms with Gasteiger partial charge in [-0.25, -0.2) is 4.98 Å². The van der Waals surface area contributed by atoms with E-state index in [-0.39, 0.29) is 5.95 Å². The molecule has 0 aromatic carbocycles. The molecule has 0 saturated heterocycles. The molecule has 0 spiro atoms. The lowest BCUT2D eigenvalue weighted by Gasteiger charge is -2.26. The van der Waals surface area contributed by atoms with Crippen molar-refractivity contribution in [2.45, 2.75) is 39.0 Å². The van der Waals surface area contributed by atoms with Crippen LogP contribution in [0.5, 0.6) is 0 Å². The summed E-state index contributed by atoms with van der Waals surface area (Å²) in [6, 6.07) is 0. The fraction of sp³-hybridized carbons (Fsp3) is 0.692. The first-order valence-electron chi connectivity index (χ1n) is 6.67. The Morgan fingerprint density at radius 1 is 1.39 bits per heavy atom. The minimum Gasteiger partial charge on any atom is -0.369 e. The van der Waals surface area contributed by atoms with Gasteiger partial charge in [-0.2, -0.15) is 4.98 Å². The molecule has 1 aromatic rings. The van der Waals surface area contributed by atoms with E-state index in [1.165, 1.54) is 38.3 Å². The Hall–Kier alpha value is -1.03. The third-order valence-corrected chi connectivity index (χ3v) is 4.02. The topological polar surface area (TPSA) is 63.8 Å². The van der Waals surface area contributed by atoms with Crippen molar-refractivity contribution < 1.29 is 0 Å². The minimum absolute atomic E-state index is 0.258. The Bertz CT molecular complexity index is 389. The normalized spacial score (nSPS) is 23.9. The van der Waals surface area contributed by atoms with Crippen molar-refractivity contribution in [3.8, 4) is 0 Å². The first kappa shape index (κ1) is 13.4. The quantitative estimate of drug-likeness (QED) is 0.879. The molecule has 100 valence electrons. The second-order valence-electron chi connectivity index (χ2n) is 5.27. The number of rotatable bonds is 4. The molecule has 2 rings (SSSR count). The van der Waals surface area contributed by atoms with Gasteiger partial charge in [0, 0.05) is 6.54 Å². The summed E-state index contributed by atoms with van der Waals surface area (Å²) in [5.41, 5.74) is 5.54. The largest absolute Gasteiger partial charge is 0.369 e. The van der Waals surface area contributed by atoms with Gasteiger partial charge in [-0.1, -0.05) is 44.2 Å². The van der Waals surface area contributed by atoms with E-state index in [0.29, 0.717) is 10.8 Å². The Morgan fingerprint density at radius 2 is 2.11 bits per heavy atom. The average molecular weight is 269 g/mol. The highest BCUT2D eigenvalue weighted by Gasteiger charge is 2.17. The monoisotopic (exact) mass is 268 g/mol. The van der Waals surface area contributed by atoms with E-state index in [2.05, 4.69) is 22.2 Å². The summed E-state index contributed by atoms with van der Waals surface area (Å²) in [5, 5.41) is 3.78. The van der Waals surface area contributed by atoms with Crippen LogP contribution in [0.2, 0.25) is 5.02 Å². The third kappa shape index (κ3) is 3.73. The fourth-order valence-corrected chi connectivity index (χ4v) is 2.68. The van der Waals surface area contributed by atoms with Gasteiger partial charge in [0.25, 0.3) is 0 Å². The summed E-state index contributed by atoms with van der Waals surface area (Å²) in [7, 11) is 0. The SMILES string of the molecule is CC1CCC(CCNc2nc(N)ncc2Cl)CC1. The maximum atomic E-state index is 5.99. The molecule has 1 saturated carbocycles. The van der Waals surface area contributed by atoms with E-state index < -0.39 is 0 Å². The second kappa shape index (κ2) is 6.23. The van der Waals surface area contributed by atoms with Crippen LogP contribution < -0.4 is 11.1 Å². The lowest BCUT2D eigenvalue weighted by atomic mass is 9.81. The molecule has 0 bridgehead atoms. The predicted molar refractivity (Wildman–Crippen MR) is 75.7 cm³/mol. The summed E-state index contributed by atoms with van der Waals surface area (Å²) in [6.07, 6.45) is 8.14. The lowest BCUT2D eigenvalue weighted by Crippen LogP contribution is -2.16. The molecule has 0 radical (unpaired) electrons. The van der Waals surface area contributed by atoms with Gasteiger partial charge < -0.3 is 11.1 Å². The van der Waals surface area contributed by atoms with Gasteiger partial charge in [0.1, 0.15) is 10.8 Å². The Balaban J connectivity index is 1.76. The van der Waals surface area contributed by atoms with Gasteiger partial charge in [-0.3, -0.25) is 0 Å². The van der Waals surface area contributed by atoms with Crippen molar-refractivity contribution in [1.82, 2.24) is 9.97 Å². The number of hydrogen-bond donors (Lipinski definition) is 2. The molecule has 5 heteroatoms. The molecule has 1 fully saturated rings. The second-order valence-corrected chi connectivity index (χ2v) is 5.67. The van der Waals surface area contributed by atoms with Crippen LogP contribution in [0, 0.1) is 11.8 Å². The third-order valence-electron chi connectivity index (χ3n) is 3.74. The highest BCUT2D eigenvalue weighted by Crippen LogP contribution is 2.30. The number of halogens is 1. The van der Waals surface area contributed by atoms with Crippen LogP contribution in [0.25, 0.3) is 0 Å². The highest BCUT2D eigenvalue weighted by atomic mass is 35.5. The maximum Gasteiger partial charge on any atom is 0.222 e. The van der Waals surface area contributed by atoms with Crippen molar-refractivity contribution in [1.29, 1.82) is 0 Å². The fourth-order valence-electron chi connectivity index (χ4n) is 2.52. The number of anilines is 2. The van der Waals surface area contributed by atoms with Gasteiger partial charge in [-0.05, 0) is 18.3 Å². The van der Waals surface area contributed by atoms with Crippen molar-refractivity contribution >= 4 is 23.4 Å². The van der Waals surface area contributed by atoms with Crippen LogP contribution >= 0.6 is 11.6 Å². The zero-order chi connectivity index (χ0) is 13.0. The number of nitrogen functional groups attached to an aromatic ring is 1. The van der Waals surface area contributed by atoms with Gasteiger partial charge in [0.05, 0.1) is 6.20 Å². The minimum atomic E-state index is 0.258. The standard InChI is InChI=1S/C13H21ClN4/c1-9-2-4-10(5-3-9)6-7-16-12-11(14)8-17-13(15)18-12/h8-10H,2-7H2,1H3,(H3,15,16,17,18). The predicted octanol–water partition coefficient (Wildman–Crippen LogP) is 3.34. The van der Waals surface area contributed by atoms with Crippen molar-refractivity contribution in [2.75, 3.05) is 17.6 Å². The molecule has 1 aliphatic rings. The van der Waals surface area contributed by atoms with E-state index in [9.17, 15) is 0 Å². The van der Waals surface area contributed by atoms with Crippen LogP contribution in [-0.4, -0.2) is 16.5 Å². The average Bonchev–Trinajstić information content (AvgIpc) is 2.36. The number of hydrogen-bond acceptors (Lipinski definition) is 4. The Morgan fingerprint density at radius 3 is 2.83 bits per heavy atom. The molecule has 1 aromatic heterocycles. The number of nitrogens with two attached hydrogens (primary N) is 1. The molecular weight excluding hydrogens is 248 g/mol. The maximum absolute atomic E-state index is 5.99. The first-order chi connectivity index (χ1) is 8.65. The molecule has 0 aliphatic heterocycles. The van der Waals surface area contributed by atoms with Crippen LogP contribution in [-0.2, 0) is 0 Å². The highest BCUT2D eigenvalue weighted by molar-refractivity contribution is 6.32. The molecule has 1 aliphatic carbocycles. The summed E-state index contributed by atoms with van der Waals surface area (Å²) >= 11 is 5.99. The molecule has 18 heavy (non-hydrogen) atoms. The Kier molecular flexibility index (Phi) is 4.64. The van der Waals surface area contributed by atoms with E-state index in [1.807, 2.05) is 0 Å². The first-order valence-corrected chi connectivity index (χ1v) is 7.05. The summed E-state index contributed by atoms with van der Waals surface area (Å²) in [4.78, 5) is 7.93. The summed E-state index contributed by atoms with van der Waals surface area (Å²) in [6.45, 7) is 3.24. The van der Waals surface area contributed by atoms with E-state index >= 15 is 0 Å². The van der Waals surface area contributed by atoms with Gasteiger partial charge >= 0.3 is 0 Å². The zero-order valence-corrected chi connectivity index (χ0v) is 11.6. The zero-order valence-electron chi connectivity index (χ0n) is 10.8. The smallest absolute Gasteiger partial charge is 0.222 e. The number of nitrogens with zero attached hydrogens (tertiary/aromatic N) is 2. The molecule has 0 atom stereocenters. The van der Waals surface area contributed by atoms with E-state index in [4.69, 9.17) is 17.3 Å². The number of nitrogens with one attached hydrogen (secondary N) is 1. The molecule has 3 N–H and O–H groups in total. The van der Waals surface area contributed by atoms with Gasteiger partial charge in [0.2, 0.25) is 5.95 Å². The summed E-state index contributed by atoms with van der Waals surface area (Å²) < 4.78 is 0. The van der Waals surface area contributed by atoms with Crippen molar-refractivity contribution in [3.05, 3.63) is 11.2 Å². The van der Waals surface area contributed by atoms with E-state index in [1.54, 1.807) is 0 Å². The lowest BCUT2D eigenvalue weighted by molar-refractivity contribution is 0.282. The van der Waals surface area contributed by atoms with E-state index in [0.717, 1.165) is 18.4 Å². The molecule has 1 heterocycles. The van der Waals surface area contributed by atoms with Crippen LogP contribution in [0.15, 0.2) is 6.20 Å². The molecule has 4 nitrogen and oxygen atoms in total. The van der Waals surface area contributed by atoms with Crippen molar-refractivity contribution in [2.24, 2.45) is 11.8 Å². The Labute approximate surface area is 113 Å².